The van der Waals surface area contributed by atoms with Gasteiger partial charge in [-0.25, -0.2) is 9.78 Å². The summed E-state index contributed by atoms with van der Waals surface area (Å²) in [6.45, 7) is 3.95. The highest BCUT2D eigenvalue weighted by atomic mass is 16.5. The largest absolute Gasteiger partial charge is 0.465 e. The van der Waals surface area contributed by atoms with Crippen LogP contribution in [-0.4, -0.2) is 31.2 Å². The van der Waals surface area contributed by atoms with Gasteiger partial charge in [-0.15, -0.1) is 0 Å². The van der Waals surface area contributed by atoms with Crippen molar-refractivity contribution >= 4 is 11.8 Å². The number of pyridine rings is 1. The van der Waals surface area contributed by atoms with Gasteiger partial charge in [-0.2, -0.15) is 5.26 Å². The zero-order valence-electron chi connectivity index (χ0n) is 11.2. The second-order valence-corrected chi connectivity index (χ2v) is 4.89. The van der Waals surface area contributed by atoms with Gasteiger partial charge in [-0.05, 0) is 24.8 Å². The first kappa shape index (κ1) is 13.3. The zero-order valence-corrected chi connectivity index (χ0v) is 11.2. The Bertz CT molecular complexity index is 522. The highest BCUT2D eigenvalue weighted by molar-refractivity contribution is 5.95. The molecule has 1 aromatic rings. The third-order valence-electron chi connectivity index (χ3n) is 3.36. The zero-order chi connectivity index (χ0) is 13.8. The van der Waals surface area contributed by atoms with Gasteiger partial charge in [0.05, 0.1) is 12.7 Å². The summed E-state index contributed by atoms with van der Waals surface area (Å²) >= 11 is 0. The Labute approximate surface area is 112 Å². The molecule has 0 bridgehead atoms. The quantitative estimate of drug-likeness (QED) is 0.760. The monoisotopic (exact) mass is 259 g/mol. The molecule has 0 radical (unpaired) electrons. The highest BCUT2D eigenvalue weighted by Crippen LogP contribution is 2.25. The summed E-state index contributed by atoms with van der Waals surface area (Å²) in [6, 6.07) is 3.55. The number of hydrogen-bond acceptors (Lipinski definition) is 5. The van der Waals surface area contributed by atoms with Crippen molar-refractivity contribution in [2.45, 2.75) is 19.8 Å². The number of anilines is 1. The molecule has 1 atom stereocenters. The average molecular weight is 259 g/mol. The Balaban J connectivity index is 2.38. The molecule has 1 aliphatic rings. The molecule has 1 aliphatic heterocycles. The van der Waals surface area contributed by atoms with E-state index in [0.29, 0.717) is 22.9 Å². The summed E-state index contributed by atoms with van der Waals surface area (Å²) < 4.78 is 4.78. The van der Waals surface area contributed by atoms with E-state index in [4.69, 9.17) is 10.00 Å². The maximum absolute atomic E-state index is 11.8. The SMILES string of the molecule is COC(=O)c1cc(C#N)cnc1N1CCCC(C)C1. The lowest BCUT2D eigenvalue weighted by Crippen LogP contribution is -2.36. The summed E-state index contributed by atoms with van der Waals surface area (Å²) in [5.41, 5.74) is 0.741. The molecule has 0 saturated carbocycles. The lowest BCUT2D eigenvalue weighted by molar-refractivity contribution is 0.0601. The number of nitriles is 1. The maximum Gasteiger partial charge on any atom is 0.341 e. The van der Waals surface area contributed by atoms with Gasteiger partial charge >= 0.3 is 5.97 Å². The van der Waals surface area contributed by atoms with Gasteiger partial charge in [0.1, 0.15) is 17.5 Å². The number of carbonyl (C=O) groups is 1. The van der Waals surface area contributed by atoms with Crippen LogP contribution in [-0.2, 0) is 4.74 Å². The number of hydrogen-bond donors (Lipinski definition) is 0. The predicted molar refractivity (Wildman–Crippen MR) is 70.9 cm³/mol. The summed E-state index contributed by atoms with van der Waals surface area (Å²) in [5, 5.41) is 8.90. The molecule has 100 valence electrons. The third kappa shape index (κ3) is 2.84. The topological polar surface area (TPSA) is 66.2 Å². The summed E-state index contributed by atoms with van der Waals surface area (Å²) in [6.07, 6.45) is 3.78. The average Bonchev–Trinajstić information content (AvgIpc) is 2.45. The molecule has 0 spiro atoms. The van der Waals surface area contributed by atoms with Crippen LogP contribution in [0.25, 0.3) is 0 Å². The van der Waals surface area contributed by atoms with Gasteiger partial charge in [0.25, 0.3) is 0 Å². The van der Waals surface area contributed by atoms with Crippen molar-refractivity contribution in [2.24, 2.45) is 5.92 Å². The van der Waals surface area contributed by atoms with Crippen molar-refractivity contribution in [1.29, 1.82) is 5.26 Å². The first-order valence-electron chi connectivity index (χ1n) is 6.39. The normalized spacial score (nSPS) is 18.8. The number of esters is 1. The van der Waals surface area contributed by atoms with Crippen LogP contribution in [0.15, 0.2) is 12.3 Å². The number of nitrogens with zero attached hydrogens (tertiary/aromatic N) is 3. The van der Waals surface area contributed by atoms with Gasteiger partial charge in [-0.3, -0.25) is 0 Å². The van der Waals surface area contributed by atoms with Crippen molar-refractivity contribution in [2.75, 3.05) is 25.1 Å². The van der Waals surface area contributed by atoms with E-state index in [2.05, 4.69) is 16.8 Å². The lowest BCUT2D eigenvalue weighted by Gasteiger charge is -2.32. The second kappa shape index (κ2) is 5.70. The standard InChI is InChI=1S/C14H17N3O2/c1-10-4-3-5-17(9-10)13-12(14(18)19-2)6-11(7-15)8-16-13/h6,8,10H,3-5,9H2,1-2H3. The Kier molecular flexibility index (Phi) is 4.00. The van der Waals surface area contributed by atoms with Crippen LogP contribution >= 0.6 is 0 Å². The molecule has 19 heavy (non-hydrogen) atoms. The van der Waals surface area contributed by atoms with Gasteiger partial charge in [0, 0.05) is 19.3 Å². The predicted octanol–water partition coefficient (Wildman–Crippen LogP) is 1.98. The Morgan fingerprint density at radius 1 is 1.63 bits per heavy atom. The summed E-state index contributed by atoms with van der Waals surface area (Å²) in [5.74, 6) is 0.756. The molecular weight excluding hydrogens is 242 g/mol. The Morgan fingerprint density at radius 2 is 2.42 bits per heavy atom. The molecule has 5 nitrogen and oxygen atoms in total. The van der Waals surface area contributed by atoms with Crippen LogP contribution in [0.5, 0.6) is 0 Å². The summed E-state index contributed by atoms with van der Waals surface area (Å²) in [4.78, 5) is 18.2. The van der Waals surface area contributed by atoms with E-state index in [9.17, 15) is 4.79 Å². The molecule has 0 aromatic carbocycles. The maximum atomic E-state index is 11.8. The van der Waals surface area contributed by atoms with E-state index in [1.54, 1.807) is 6.07 Å². The van der Waals surface area contributed by atoms with E-state index in [1.165, 1.54) is 19.7 Å². The van der Waals surface area contributed by atoms with Crippen molar-refractivity contribution in [1.82, 2.24) is 4.98 Å². The fourth-order valence-electron chi connectivity index (χ4n) is 2.41. The third-order valence-corrected chi connectivity index (χ3v) is 3.36. The minimum Gasteiger partial charge on any atom is -0.465 e. The van der Waals surface area contributed by atoms with Gasteiger partial charge in [0.2, 0.25) is 0 Å². The first-order chi connectivity index (χ1) is 9.15. The minimum atomic E-state index is -0.446. The van der Waals surface area contributed by atoms with Crippen molar-refractivity contribution in [3.63, 3.8) is 0 Å². The molecule has 1 saturated heterocycles. The number of carbonyl (C=O) groups excluding carboxylic acids is 1. The molecule has 1 aromatic heterocycles. The number of rotatable bonds is 2. The number of methoxy groups -OCH3 is 1. The molecule has 5 heteroatoms. The molecule has 1 fully saturated rings. The molecule has 0 N–H and O–H groups in total. The first-order valence-corrected chi connectivity index (χ1v) is 6.39. The molecule has 2 rings (SSSR count). The fraction of sp³-hybridized carbons (Fsp3) is 0.500. The van der Waals surface area contributed by atoms with Gasteiger partial charge in [-0.1, -0.05) is 6.92 Å². The second-order valence-electron chi connectivity index (χ2n) is 4.89. The molecular formula is C14H17N3O2. The molecule has 2 heterocycles. The van der Waals surface area contributed by atoms with E-state index in [-0.39, 0.29) is 0 Å². The minimum absolute atomic E-state index is 0.370. The van der Waals surface area contributed by atoms with Crippen LogP contribution in [0.1, 0.15) is 35.7 Å². The van der Waals surface area contributed by atoms with Crippen molar-refractivity contribution < 1.29 is 9.53 Å². The van der Waals surface area contributed by atoms with Crippen LogP contribution in [0, 0.1) is 17.2 Å². The smallest absolute Gasteiger partial charge is 0.341 e. The number of piperidine rings is 1. The van der Waals surface area contributed by atoms with E-state index >= 15 is 0 Å². The van der Waals surface area contributed by atoms with Crippen molar-refractivity contribution in [3.8, 4) is 6.07 Å². The van der Waals surface area contributed by atoms with Gasteiger partial charge < -0.3 is 9.64 Å². The van der Waals surface area contributed by atoms with Crippen LogP contribution in [0.3, 0.4) is 0 Å². The highest BCUT2D eigenvalue weighted by Gasteiger charge is 2.23. The molecule has 0 aliphatic carbocycles. The molecule has 0 amide bonds. The Hall–Kier alpha value is -2.09. The van der Waals surface area contributed by atoms with E-state index < -0.39 is 5.97 Å². The van der Waals surface area contributed by atoms with E-state index in [1.807, 2.05) is 6.07 Å². The lowest BCUT2D eigenvalue weighted by atomic mass is 10.00. The van der Waals surface area contributed by atoms with Gasteiger partial charge in [0.15, 0.2) is 0 Å². The van der Waals surface area contributed by atoms with Crippen LogP contribution in [0.4, 0.5) is 5.82 Å². The fourth-order valence-corrected chi connectivity index (χ4v) is 2.41. The number of aromatic nitrogens is 1. The van der Waals surface area contributed by atoms with Crippen LogP contribution < -0.4 is 4.90 Å². The molecule has 1 unspecified atom stereocenters. The number of ether oxygens (including phenoxy) is 1. The summed E-state index contributed by atoms with van der Waals surface area (Å²) in [7, 11) is 1.34. The van der Waals surface area contributed by atoms with E-state index in [0.717, 1.165) is 19.5 Å². The van der Waals surface area contributed by atoms with Crippen LogP contribution in [0.2, 0.25) is 0 Å². The Morgan fingerprint density at radius 3 is 3.05 bits per heavy atom. The van der Waals surface area contributed by atoms with Crippen molar-refractivity contribution in [3.05, 3.63) is 23.4 Å².